The molecule has 146 valence electrons. The van der Waals surface area contributed by atoms with Crippen molar-refractivity contribution in [2.75, 3.05) is 23.7 Å². The van der Waals surface area contributed by atoms with Crippen molar-refractivity contribution in [3.8, 4) is 5.82 Å². The minimum absolute atomic E-state index is 0.239. The van der Waals surface area contributed by atoms with E-state index in [0.29, 0.717) is 24.7 Å². The molecular formula is C20H25N7O. The molecule has 1 aromatic carbocycles. The van der Waals surface area contributed by atoms with Gasteiger partial charge in [-0.3, -0.25) is 4.57 Å². The van der Waals surface area contributed by atoms with Gasteiger partial charge in [0.15, 0.2) is 0 Å². The summed E-state index contributed by atoms with van der Waals surface area (Å²) < 4.78 is 1.93. The fraction of sp³-hybridized carbons (Fsp3) is 0.300. The van der Waals surface area contributed by atoms with Crippen LogP contribution in [0.5, 0.6) is 0 Å². The second-order valence-corrected chi connectivity index (χ2v) is 6.62. The lowest BCUT2D eigenvalue weighted by atomic mass is 10.2. The van der Waals surface area contributed by atoms with Crippen molar-refractivity contribution in [3.63, 3.8) is 0 Å². The Bertz CT molecular complexity index is 980. The summed E-state index contributed by atoms with van der Waals surface area (Å²) >= 11 is 0. The van der Waals surface area contributed by atoms with Gasteiger partial charge in [0.05, 0.1) is 5.69 Å². The van der Waals surface area contributed by atoms with Crippen LogP contribution < -0.4 is 16.0 Å². The molecule has 0 bridgehead atoms. The number of imidazole rings is 1. The first-order valence-electron chi connectivity index (χ1n) is 9.14. The Morgan fingerprint density at radius 2 is 1.89 bits per heavy atom. The largest absolute Gasteiger partial charge is 0.368 e. The average molecular weight is 379 g/mol. The second-order valence-electron chi connectivity index (χ2n) is 6.62. The number of carbonyl (C=O) groups excluding carboxylic acids is 1. The first kappa shape index (κ1) is 19.3. The van der Waals surface area contributed by atoms with Crippen LogP contribution in [-0.2, 0) is 0 Å². The topological polar surface area (TPSA) is 96.8 Å². The molecule has 0 fully saturated rings. The molecule has 8 heteroatoms. The maximum atomic E-state index is 12.0. The molecule has 0 radical (unpaired) electrons. The van der Waals surface area contributed by atoms with Crippen LogP contribution in [0.3, 0.4) is 0 Å². The summed E-state index contributed by atoms with van der Waals surface area (Å²) in [5.41, 5.74) is 3.87. The summed E-state index contributed by atoms with van der Waals surface area (Å²) in [4.78, 5) is 25.2. The Morgan fingerprint density at radius 3 is 2.61 bits per heavy atom. The first-order valence-corrected chi connectivity index (χ1v) is 9.14. The molecule has 0 unspecified atom stereocenters. The summed E-state index contributed by atoms with van der Waals surface area (Å²) in [6.45, 7) is 8.80. The first-order chi connectivity index (χ1) is 13.4. The summed E-state index contributed by atoms with van der Waals surface area (Å²) in [5, 5.41) is 8.86. The Hall–Kier alpha value is -3.42. The van der Waals surface area contributed by atoms with Crippen molar-refractivity contribution in [2.24, 2.45) is 0 Å². The lowest BCUT2D eigenvalue weighted by molar-refractivity contribution is 0.252. The van der Waals surface area contributed by atoms with E-state index in [-0.39, 0.29) is 6.03 Å². The SMILES string of the molecule is Cc1cccc(NC(=O)NCCNc2cc(-n3cnc(C)c3C)nc(C)n2)c1. The number of anilines is 2. The van der Waals surface area contributed by atoms with E-state index in [9.17, 15) is 4.79 Å². The summed E-state index contributed by atoms with van der Waals surface area (Å²) in [7, 11) is 0. The van der Waals surface area contributed by atoms with Crippen LogP contribution in [0.15, 0.2) is 36.7 Å². The maximum Gasteiger partial charge on any atom is 0.319 e. The molecule has 3 aromatic rings. The molecule has 0 atom stereocenters. The number of rotatable bonds is 6. The van der Waals surface area contributed by atoms with E-state index in [1.807, 2.05) is 62.6 Å². The number of nitrogens with zero attached hydrogens (tertiary/aromatic N) is 4. The zero-order valence-corrected chi connectivity index (χ0v) is 16.6. The average Bonchev–Trinajstić information content (AvgIpc) is 2.97. The lowest BCUT2D eigenvalue weighted by Gasteiger charge is -2.11. The van der Waals surface area contributed by atoms with E-state index in [0.717, 1.165) is 28.5 Å². The molecule has 0 aliphatic rings. The molecule has 0 saturated heterocycles. The second kappa shape index (κ2) is 8.51. The highest BCUT2D eigenvalue weighted by Gasteiger charge is 2.08. The van der Waals surface area contributed by atoms with Crippen LogP contribution in [0.2, 0.25) is 0 Å². The van der Waals surface area contributed by atoms with Gasteiger partial charge in [0.2, 0.25) is 0 Å². The predicted molar refractivity (Wildman–Crippen MR) is 110 cm³/mol. The quantitative estimate of drug-likeness (QED) is 0.572. The molecule has 2 amide bonds. The molecule has 3 rings (SSSR count). The minimum Gasteiger partial charge on any atom is -0.368 e. The van der Waals surface area contributed by atoms with Crippen molar-refractivity contribution in [1.82, 2.24) is 24.8 Å². The molecule has 28 heavy (non-hydrogen) atoms. The van der Waals surface area contributed by atoms with Gasteiger partial charge in [-0.2, -0.15) is 0 Å². The van der Waals surface area contributed by atoms with Gasteiger partial charge in [-0.1, -0.05) is 12.1 Å². The Labute approximate surface area is 164 Å². The van der Waals surface area contributed by atoms with Gasteiger partial charge in [-0.05, 0) is 45.4 Å². The lowest BCUT2D eigenvalue weighted by Crippen LogP contribution is -2.32. The molecule has 8 nitrogen and oxygen atoms in total. The van der Waals surface area contributed by atoms with Gasteiger partial charge < -0.3 is 16.0 Å². The van der Waals surface area contributed by atoms with Crippen LogP contribution in [0, 0.1) is 27.7 Å². The van der Waals surface area contributed by atoms with Crippen LogP contribution in [0.4, 0.5) is 16.3 Å². The zero-order valence-electron chi connectivity index (χ0n) is 16.6. The van der Waals surface area contributed by atoms with Crippen LogP contribution >= 0.6 is 0 Å². The third-order valence-corrected chi connectivity index (χ3v) is 4.32. The number of urea groups is 1. The van der Waals surface area contributed by atoms with E-state index < -0.39 is 0 Å². The maximum absolute atomic E-state index is 12.0. The van der Waals surface area contributed by atoms with E-state index in [1.54, 1.807) is 6.33 Å². The van der Waals surface area contributed by atoms with Gasteiger partial charge in [-0.15, -0.1) is 0 Å². The number of aromatic nitrogens is 4. The molecular weight excluding hydrogens is 354 g/mol. The molecule has 0 saturated carbocycles. The molecule has 2 heterocycles. The number of carbonyl (C=O) groups is 1. The number of hydrogen-bond acceptors (Lipinski definition) is 5. The molecule has 0 spiro atoms. The standard InChI is InChI=1S/C20H25N7O/c1-13-6-5-7-17(10-13)26-20(28)22-9-8-21-18-11-19(25-16(4)24-18)27-12-23-14(2)15(27)3/h5-7,10-12H,8-9H2,1-4H3,(H,21,24,25)(H2,22,26,28). The molecule has 0 aliphatic carbocycles. The van der Waals surface area contributed by atoms with E-state index in [1.165, 1.54) is 0 Å². The highest BCUT2D eigenvalue weighted by atomic mass is 16.2. The van der Waals surface area contributed by atoms with Crippen molar-refractivity contribution in [3.05, 3.63) is 59.4 Å². The molecule has 2 aromatic heterocycles. The Balaban J connectivity index is 1.53. The highest BCUT2D eigenvalue weighted by molar-refractivity contribution is 5.89. The summed E-state index contributed by atoms with van der Waals surface area (Å²) in [5.74, 6) is 2.13. The van der Waals surface area contributed by atoms with Crippen molar-refractivity contribution in [2.45, 2.75) is 27.7 Å². The fourth-order valence-corrected chi connectivity index (χ4v) is 2.76. The number of aryl methyl sites for hydroxylation is 3. The number of benzene rings is 1. The molecule has 0 aliphatic heterocycles. The molecule has 3 N–H and O–H groups in total. The van der Waals surface area contributed by atoms with Gasteiger partial charge in [0, 0.05) is 30.5 Å². The fourth-order valence-electron chi connectivity index (χ4n) is 2.76. The Morgan fingerprint density at radius 1 is 1.07 bits per heavy atom. The summed E-state index contributed by atoms with van der Waals surface area (Å²) in [6, 6.07) is 9.30. The number of amides is 2. The van der Waals surface area contributed by atoms with E-state index in [2.05, 4.69) is 30.9 Å². The van der Waals surface area contributed by atoms with Gasteiger partial charge in [0.25, 0.3) is 0 Å². The number of nitrogens with one attached hydrogen (secondary N) is 3. The zero-order chi connectivity index (χ0) is 20.1. The third kappa shape index (κ3) is 4.85. The monoisotopic (exact) mass is 379 g/mol. The normalized spacial score (nSPS) is 10.6. The van der Waals surface area contributed by atoms with Gasteiger partial charge in [-0.25, -0.2) is 19.7 Å². The van der Waals surface area contributed by atoms with E-state index >= 15 is 0 Å². The van der Waals surface area contributed by atoms with Crippen LogP contribution in [0.25, 0.3) is 5.82 Å². The minimum atomic E-state index is -0.239. The Kier molecular flexibility index (Phi) is 5.88. The predicted octanol–water partition coefficient (Wildman–Crippen LogP) is 3.13. The van der Waals surface area contributed by atoms with Crippen molar-refractivity contribution < 1.29 is 4.79 Å². The van der Waals surface area contributed by atoms with Crippen molar-refractivity contribution in [1.29, 1.82) is 0 Å². The number of hydrogen-bond donors (Lipinski definition) is 3. The summed E-state index contributed by atoms with van der Waals surface area (Å²) in [6.07, 6.45) is 1.76. The smallest absolute Gasteiger partial charge is 0.319 e. The van der Waals surface area contributed by atoms with Crippen molar-refractivity contribution >= 4 is 17.5 Å². The highest BCUT2D eigenvalue weighted by Crippen LogP contribution is 2.15. The van der Waals surface area contributed by atoms with E-state index in [4.69, 9.17) is 0 Å². The third-order valence-electron chi connectivity index (χ3n) is 4.32. The van der Waals surface area contributed by atoms with Gasteiger partial charge in [0.1, 0.15) is 23.8 Å². The van der Waals surface area contributed by atoms with Gasteiger partial charge >= 0.3 is 6.03 Å². The van der Waals surface area contributed by atoms with Crippen LogP contribution in [0.1, 0.15) is 22.8 Å². The van der Waals surface area contributed by atoms with Crippen LogP contribution in [-0.4, -0.2) is 38.6 Å².